The maximum absolute atomic E-state index is 12.6. The van der Waals surface area contributed by atoms with Crippen LogP contribution in [0.3, 0.4) is 0 Å². The highest BCUT2D eigenvalue weighted by Crippen LogP contribution is 2.23. The van der Waals surface area contributed by atoms with Crippen molar-refractivity contribution >= 4 is 47.2 Å². The van der Waals surface area contributed by atoms with Gasteiger partial charge in [-0.15, -0.1) is 0 Å². The van der Waals surface area contributed by atoms with Gasteiger partial charge in [-0.2, -0.15) is 5.10 Å². The number of amides is 1. The van der Waals surface area contributed by atoms with E-state index in [1.54, 1.807) is 29.2 Å². The van der Waals surface area contributed by atoms with Crippen molar-refractivity contribution in [3.8, 4) is 5.75 Å². The fourth-order valence-electron chi connectivity index (χ4n) is 3.38. The number of hydrogen-bond acceptors (Lipinski definition) is 7. The van der Waals surface area contributed by atoms with Crippen LogP contribution < -0.4 is 15.6 Å². The zero-order valence-electron chi connectivity index (χ0n) is 18.5. The number of aliphatic imine (C=N–C) groups is 1. The number of aromatic nitrogens is 5. The Morgan fingerprint density at radius 2 is 2.00 bits per heavy atom. The molecule has 1 unspecified atom stereocenters. The Morgan fingerprint density at radius 3 is 2.65 bits per heavy atom. The number of carbonyl (C=O) groups excluding carboxylic acids is 1. The minimum Gasteiger partial charge on any atom is -0.484 e. The minimum absolute atomic E-state index is 0.169. The van der Waals surface area contributed by atoms with E-state index in [9.17, 15) is 9.59 Å². The molecule has 3 aromatic rings. The van der Waals surface area contributed by atoms with Crippen molar-refractivity contribution in [1.82, 2.24) is 24.3 Å². The summed E-state index contributed by atoms with van der Waals surface area (Å²) in [6.45, 7) is 1.50. The van der Waals surface area contributed by atoms with E-state index in [0.717, 1.165) is 22.0 Å². The van der Waals surface area contributed by atoms with Gasteiger partial charge in [-0.3, -0.25) is 19.3 Å². The molecule has 1 aliphatic rings. The molecule has 1 atom stereocenters. The number of nitrogens with zero attached hydrogens (tertiary/aromatic N) is 6. The van der Waals surface area contributed by atoms with Crippen LogP contribution in [0.2, 0.25) is 0 Å². The maximum Gasteiger partial charge on any atom is 0.264 e. The molecule has 0 saturated carbocycles. The van der Waals surface area contributed by atoms with Gasteiger partial charge in [0.05, 0.1) is 41.6 Å². The largest absolute Gasteiger partial charge is 0.484 e. The molecule has 10 nitrogen and oxygen atoms in total. The fourth-order valence-corrected chi connectivity index (χ4v) is 3.38. The van der Waals surface area contributed by atoms with Crippen molar-refractivity contribution in [3.63, 3.8) is 0 Å². The van der Waals surface area contributed by atoms with Crippen LogP contribution in [0.15, 0.2) is 52.8 Å². The highest BCUT2D eigenvalue weighted by molar-refractivity contribution is 6.56. The normalized spacial score (nSPS) is 15.6. The minimum atomic E-state index is -2.00. The Morgan fingerprint density at radius 1 is 1.21 bits per heavy atom. The Kier molecular flexibility index (Phi) is 6.27. The predicted octanol–water partition coefficient (Wildman–Crippen LogP) is 0.269. The van der Waals surface area contributed by atoms with E-state index in [1.165, 1.54) is 13.1 Å². The zero-order chi connectivity index (χ0) is 24.5. The predicted molar refractivity (Wildman–Crippen MR) is 129 cm³/mol. The number of ether oxygens (including phenoxy) is 1. The third-order valence-electron chi connectivity index (χ3n) is 4.95. The number of nitrogens with one attached hydrogen (secondary N) is 1. The fraction of sp³-hybridized carbons (Fsp3) is 0.238. The number of pyridine rings is 1. The highest BCUT2D eigenvalue weighted by Gasteiger charge is 2.22. The summed E-state index contributed by atoms with van der Waals surface area (Å²) in [5.74, 6) is 0.144. The van der Waals surface area contributed by atoms with Gasteiger partial charge in [-0.05, 0) is 25.1 Å². The lowest BCUT2D eigenvalue weighted by Crippen LogP contribution is -2.46. The van der Waals surface area contributed by atoms with Crippen LogP contribution in [-0.2, 0) is 12.3 Å². The van der Waals surface area contributed by atoms with Gasteiger partial charge >= 0.3 is 0 Å². The number of anilines is 1. The molecule has 0 saturated heterocycles. The summed E-state index contributed by atoms with van der Waals surface area (Å²) in [6.07, 6.45) is 10.3. The van der Waals surface area contributed by atoms with Gasteiger partial charge in [0.25, 0.3) is 11.5 Å². The molecule has 1 N–H and O–H groups in total. The molecule has 1 amide bonds. The quantitative estimate of drug-likeness (QED) is 0.541. The van der Waals surface area contributed by atoms with E-state index in [1.807, 2.05) is 19.3 Å². The van der Waals surface area contributed by atoms with Crippen molar-refractivity contribution in [3.05, 3.63) is 70.3 Å². The lowest BCUT2D eigenvalue weighted by molar-refractivity contribution is 0.102. The van der Waals surface area contributed by atoms with Crippen LogP contribution in [-0.4, -0.2) is 66.1 Å². The van der Waals surface area contributed by atoms with E-state index >= 15 is 0 Å². The Labute approximate surface area is 199 Å². The second kappa shape index (κ2) is 9.16. The molecule has 1 aliphatic heterocycles. The Hall–Kier alpha value is -3.89. The zero-order valence-corrected chi connectivity index (χ0v) is 18.5. The monoisotopic (exact) mass is 449 g/mol. The van der Waals surface area contributed by atoms with Crippen LogP contribution in [0, 0.1) is 6.92 Å². The van der Waals surface area contributed by atoms with Crippen molar-refractivity contribution < 1.29 is 9.53 Å². The SMILES string of the molecule is [B]C([B])([B])n1c(C)ncc(C(=O)Nc2ccc(OC3C=C(c4cnn(C)c4)N=CC3)cn2)c1=O. The van der Waals surface area contributed by atoms with Gasteiger partial charge in [0.15, 0.2) is 0 Å². The van der Waals surface area contributed by atoms with Crippen molar-refractivity contribution in [1.29, 1.82) is 0 Å². The van der Waals surface area contributed by atoms with E-state index in [-0.39, 0.29) is 23.3 Å². The van der Waals surface area contributed by atoms with Crippen LogP contribution in [0.5, 0.6) is 5.75 Å². The molecule has 13 heteroatoms. The van der Waals surface area contributed by atoms with Gasteiger partial charge in [-0.25, -0.2) is 9.97 Å². The molecular weight excluding hydrogens is 431 g/mol. The molecule has 6 radical (unpaired) electrons. The summed E-state index contributed by atoms with van der Waals surface area (Å²) in [5.41, 5.74) is 0.611. The third kappa shape index (κ3) is 5.03. The number of rotatable bonds is 6. The van der Waals surface area contributed by atoms with E-state index in [4.69, 9.17) is 28.3 Å². The van der Waals surface area contributed by atoms with Crippen molar-refractivity contribution in [2.75, 3.05) is 5.32 Å². The summed E-state index contributed by atoms with van der Waals surface area (Å²) < 4.78 is 8.51. The lowest BCUT2D eigenvalue weighted by Gasteiger charge is -2.26. The average Bonchev–Trinajstić information content (AvgIpc) is 3.21. The maximum atomic E-state index is 12.6. The Bertz CT molecular complexity index is 1340. The summed E-state index contributed by atoms with van der Waals surface area (Å²) in [6, 6.07) is 3.21. The molecule has 164 valence electrons. The first-order valence-corrected chi connectivity index (χ1v) is 10.2. The summed E-state index contributed by atoms with van der Waals surface area (Å²) in [7, 11) is 18.7. The highest BCUT2D eigenvalue weighted by atomic mass is 16.5. The van der Waals surface area contributed by atoms with Gasteiger partial charge in [0.2, 0.25) is 0 Å². The molecule has 0 aliphatic carbocycles. The van der Waals surface area contributed by atoms with E-state index < -0.39 is 16.7 Å². The number of carbonyl (C=O) groups is 1. The summed E-state index contributed by atoms with van der Waals surface area (Å²) in [4.78, 5) is 37.8. The second-order valence-corrected chi connectivity index (χ2v) is 7.74. The number of hydrogen-bond donors (Lipinski definition) is 1. The topological polar surface area (TPSA) is 116 Å². The average molecular weight is 449 g/mol. The van der Waals surface area contributed by atoms with Crippen molar-refractivity contribution in [2.24, 2.45) is 12.0 Å². The van der Waals surface area contributed by atoms with Gasteiger partial charge < -0.3 is 14.6 Å². The molecule has 0 fully saturated rings. The van der Waals surface area contributed by atoms with Crippen LogP contribution >= 0.6 is 0 Å². The molecule has 0 bridgehead atoms. The standard InChI is InChI=1S/C21H18B3N7O3/c1-12-26-10-16(20(33)31(12)21(22,23)24)19(32)29-18-4-3-15(9-27-18)34-14-5-6-25-17(7-14)13-8-28-30(2)11-13/h3-4,6-11,14H,5H2,1-2H3,(H,27,29,32). The second-order valence-electron chi connectivity index (χ2n) is 7.74. The Balaban J connectivity index is 1.45. The molecule has 34 heavy (non-hydrogen) atoms. The first-order chi connectivity index (χ1) is 16.1. The molecular formula is C21H18B3N7O3. The van der Waals surface area contributed by atoms with E-state index in [0.29, 0.717) is 12.2 Å². The smallest absolute Gasteiger partial charge is 0.264 e. The van der Waals surface area contributed by atoms with Crippen LogP contribution in [0.4, 0.5) is 5.82 Å². The third-order valence-corrected chi connectivity index (χ3v) is 4.95. The first-order valence-electron chi connectivity index (χ1n) is 10.2. The molecule has 3 aromatic heterocycles. The van der Waals surface area contributed by atoms with Gasteiger partial charge in [0, 0.05) is 37.6 Å². The van der Waals surface area contributed by atoms with Crippen molar-refractivity contribution in [2.45, 2.75) is 24.7 Å². The van der Waals surface area contributed by atoms with Crippen LogP contribution in [0.25, 0.3) is 5.70 Å². The summed E-state index contributed by atoms with van der Waals surface area (Å²) >= 11 is 0. The number of aryl methyl sites for hydroxylation is 2. The molecule has 0 spiro atoms. The molecule has 4 heterocycles. The van der Waals surface area contributed by atoms with Crippen LogP contribution in [0.1, 0.15) is 28.2 Å². The van der Waals surface area contributed by atoms with Gasteiger partial charge in [0.1, 0.15) is 29.1 Å². The molecule has 4 rings (SSSR count). The molecule has 0 aromatic carbocycles. The van der Waals surface area contributed by atoms with E-state index in [2.05, 4.69) is 25.4 Å². The first kappa shape index (κ1) is 23.3. The van der Waals surface area contributed by atoms with Gasteiger partial charge in [-0.1, -0.05) is 5.24 Å². The summed E-state index contributed by atoms with van der Waals surface area (Å²) in [5, 5.41) is 4.69. The lowest BCUT2D eigenvalue weighted by atomic mass is 9.49.